The number of carboxylic acid groups (broad SMARTS) is 1. The standard InChI is InChI=1S/C27H35N3O2.C2HF3O2/c1-20-6-5-9-25(18-20)29-27(32)23-12-10-22(11-13-23)26(31)28-24-14-16-30(17-15-24)19-21-7-3-2-4-8-21;3-2(4,5)1(6)7/h5-6,9-13,18,21,24H,2-4,7-8,14-17,19H2,1H3,(H,28,31)(H,29,32);(H,6,7). The van der Waals surface area contributed by atoms with Gasteiger partial charge in [-0.05, 0) is 80.5 Å². The number of carbonyl (C=O) groups is 3. The van der Waals surface area contributed by atoms with Gasteiger partial charge in [0.1, 0.15) is 0 Å². The van der Waals surface area contributed by atoms with Crippen LogP contribution in [-0.2, 0) is 4.79 Å². The summed E-state index contributed by atoms with van der Waals surface area (Å²) in [5, 5.41) is 13.2. The smallest absolute Gasteiger partial charge is 0.475 e. The molecule has 1 aliphatic carbocycles. The molecular weight excluding hydrogens is 511 g/mol. The third-order valence-corrected chi connectivity index (χ3v) is 7.09. The molecular formula is C29H36F3N3O4. The molecule has 3 N–H and O–H groups in total. The number of halogens is 3. The molecule has 2 amide bonds. The van der Waals surface area contributed by atoms with E-state index in [1.54, 1.807) is 24.3 Å². The molecule has 0 radical (unpaired) electrons. The second-order valence-corrected chi connectivity index (χ2v) is 10.3. The summed E-state index contributed by atoms with van der Waals surface area (Å²) in [6.45, 7) is 5.36. The number of hydrogen-bond acceptors (Lipinski definition) is 4. The average molecular weight is 548 g/mol. The molecule has 39 heavy (non-hydrogen) atoms. The van der Waals surface area contributed by atoms with Crippen molar-refractivity contribution in [3.8, 4) is 0 Å². The Morgan fingerprint density at radius 1 is 0.897 bits per heavy atom. The number of benzene rings is 2. The molecule has 1 saturated heterocycles. The van der Waals surface area contributed by atoms with E-state index in [0.29, 0.717) is 11.1 Å². The predicted octanol–water partition coefficient (Wildman–Crippen LogP) is 5.66. The Balaban J connectivity index is 0.000000532. The Morgan fingerprint density at radius 2 is 1.46 bits per heavy atom. The molecule has 2 aliphatic rings. The van der Waals surface area contributed by atoms with Crippen LogP contribution in [0.25, 0.3) is 0 Å². The number of alkyl halides is 3. The topological polar surface area (TPSA) is 98.7 Å². The van der Waals surface area contributed by atoms with E-state index < -0.39 is 12.1 Å². The molecule has 10 heteroatoms. The second kappa shape index (κ2) is 14.1. The molecule has 0 aromatic heterocycles. The fraction of sp³-hybridized carbons (Fsp3) is 0.483. The first-order chi connectivity index (χ1) is 18.5. The van der Waals surface area contributed by atoms with Gasteiger partial charge in [-0.15, -0.1) is 0 Å². The molecule has 1 aliphatic heterocycles. The summed E-state index contributed by atoms with van der Waals surface area (Å²) in [5.74, 6) is -2.11. The van der Waals surface area contributed by atoms with Crippen molar-refractivity contribution in [3.05, 3.63) is 65.2 Å². The minimum absolute atomic E-state index is 0.0543. The normalized spacial score (nSPS) is 17.0. The molecule has 2 fully saturated rings. The molecule has 1 heterocycles. The van der Waals surface area contributed by atoms with E-state index >= 15 is 0 Å². The number of aryl methyl sites for hydroxylation is 1. The van der Waals surface area contributed by atoms with Gasteiger partial charge < -0.3 is 20.6 Å². The Hall–Kier alpha value is -3.40. The number of amides is 2. The quantitative estimate of drug-likeness (QED) is 0.434. The summed E-state index contributed by atoms with van der Waals surface area (Å²) in [7, 11) is 0. The van der Waals surface area contributed by atoms with Crippen LogP contribution in [0.15, 0.2) is 48.5 Å². The van der Waals surface area contributed by atoms with Crippen LogP contribution in [-0.4, -0.2) is 59.6 Å². The zero-order valence-corrected chi connectivity index (χ0v) is 22.1. The van der Waals surface area contributed by atoms with Gasteiger partial charge in [-0.25, -0.2) is 4.79 Å². The van der Waals surface area contributed by atoms with Gasteiger partial charge in [0.15, 0.2) is 0 Å². The molecule has 0 spiro atoms. The minimum Gasteiger partial charge on any atom is -0.475 e. The van der Waals surface area contributed by atoms with Gasteiger partial charge in [0.2, 0.25) is 0 Å². The van der Waals surface area contributed by atoms with Crippen molar-refractivity contribution in [2.75, 3.05) is 25.0 Å². The highest BCUT2D eigenvalue weighted by Crippen LogP contribution is 2.25. The summed E-state index contributed by atoms with van der Waals surface area (Å²) in [6, 6.07) is 14.8. The van der Waals surface area contributed by atoms with Crippen molar-refractivity contribution in [2.24, 2.45) is 5.92 Å². The maximum atomic E-state index is 12.7. The van der Waals surface area contributed by atoms with Crippen LogP contribution < -0.4 is 10.6 Å². The molecule has 4 rings (SSSR count). The van der Waals surface area contributed by atoms with Gasteiger partial charge in [0, 0.05) is 42.5 Å². The lowest BCUT2D eigenvalue weighted by molar-refractivity contribution is -0.192. The van der Waals surface area contributed by atoms with Crippen LogP contribution in [0.1, 0.15) is 71.2 Å². The first-order valence-electron chi connectivity index (χ1n) is 13.3. The summed E-state index contributed by atoms with van der Waals surface area (Å²) in [4.78, 5) is 36.7. The monoisotopic (exact) mass is 547 g/mol. The Labute approximate surface area is 226 Å². The van der Waals surface area contributed by atoms with Crippen LogP contribution in [0, 0.1) is 12.8 Å². The molecule has 0 bridgehead atoms. The summed E-state index contributed by atoms with van der Waals surface area (Å²) in [6.07, 6.45) is 3.90. The Morgan fingerprint density at radius 3 is 2.00 bits per heavy atom. The largest absolute Gasteiger partial charge is 0.490 e. The molecule has 2 aromatic rings. The van der Waals surface area contributed by atoms with Gasteiger partial charge in [-0.2, -0.15) is 13.2 Å². The van der Waals surface area contributed by atoms with Crippen LogP contribution in [0.2, 0.25) is 0 Å². The number of hydrogen-bond donors (Lipinski definition) is 3. The average Bonchev–Trinajstić information content (AvgIpc) is 2.90. The van der Waals surface area contributed by atoms with Crippen LogP contribution in [0.4, 0.5) is 18.9 Å². The van der Waals surface area contributed by atoms with Gasteiger partial charge in [-0.3, -0.25) is 9.59 Å². The van der Waals surface area contributed by atoms with Crippen molar-refractivity contribution in [3.63, 3.8) is 0 Å². The summed E-state index contributed by atoms with van der Waals surface area (Å²) < 4.78 is 31.7. The highest BCUT2D eigenvalue weighted by Gasteiger charge is 2.38. The minimum atomic E-state index is -5.08. The first kappa shape index (κ1) is 30.1. The van der Waals surface area contributed by atoms with E-state index in [1.165, 1.54) is 38.6 Å². The highest BCUT2D eigenvalue weighted by atomic mass is 19.4. The number of nitrogens with one attached hydrogen (secondary N) is 2. The number of nitrogens with zero attached hydrogens (tertiary/aromatic N) is 1. The van der Waals surface area contributed by atoms with Crippen molar-refractivity contribution < 1.29 is 32.7 Å². The van der Waals surface area contributed by atoms with Crippen LogP contribution in [0.5, 0.6) is 0 Å². The number of anilines is 1. The van der Waals surface area contributed by atoms with Crippen molar-refractivity contribution in [1.29, 1.82) is 0 Å². The first-order valence-corrected chi connectivity index (χ1v) is 13.3. The summed E-state index contributed by atoms with van der Waals surface area (Å²) >= 11 is 0. The molecule has 212 valence electrons. The van der Waals surface area contributed by atoms with E-state index in [9.17, 15) is 22.8 Å². The van der Waals surface area contributed by atoms with Gasteiger partial charge in [0.05, 0.1) is 0 Å². The highest BCUT2D eigenvalue weighted by molar-refractivity contribution is 6.05. The second-order valence-electron chi connectivity index (χ2n) is 10.3. The number of rotatable bonds is 6. The van der Waals surface area contributed by atoms with E-state index in [0.717, 1.165) is 43.1 Å². The lowest BCUT2D eigenvalue weighted by atomic mass is 9.88. The van der Waals surface area contributed by atoms with Gasteiger partial charge in [-0.1, -0.05) is 31.4 Å². The molecule has 2 aromatic carbocycles. The molecule has 7 nitrogen and oxygen atoms in total. The summed E-state index contributed by atoms with van der Waals surface area (Å²) in [5.41, 5.74) is 3.00. The van der Waals surface area contributed by atoms with E-state index in [1.807, 2.05) is 31.2 Å². The van der Waals surface area contributed by atoms with Gasteiger partial charge >= 0.3 is 12.1 Å². The third-order valence-electron chi connectivity index (χ3n) is 7.09. The van der Waals surface area contributed by atoms with Crippen LogP contribution in [0.3, 0.4) is 0 Å². The number of likely N-dealkylation sites (tertiary alicyclic amines) is 1. The van der Waals surface area contributed by atoms with E-state index in [2.05, 4.69) is 15.5 Å². The lowest BCUT2D eigenvalue weighted by Gasteiger charge is -2.35. The van der Waals surface area contributed by atoms with Crippen molar-refractivity contribution in [1.82, 2.24) is 10.2 Å². The third kappa shape index (κ3) is 10.0. The predicted molar refractivity (Wildman–Crippen MR) is 143 cm³/mol. The SMILES string of the molecule is Cc1cccc(NC(=O)c2ccc(C(=O)NC3CCN(CC4CCCCC4)CC3)cc2)c1.O=C(O)C(F)(F)F. The van der Waals surface area contributed by atoms with E-state index in [-0.39, 0.29) is 17.9 Å². The van der Waals surface area contributed by atoms with Crippen molar-refractivity contribution in [2.45, 2.75) is 64.1 Å². The molecule has 0 unspecified atom stereocenters. The van der Waals surface area contributed by atoms with Gasteiger partial charge in [0.25, 0.3) is 11.8 Å². The number of piperidine rings is 1. The number of carbonyl (C=O) groups excluding carboxylic acids is 2. The Kier molecular flexibility index (Phi) is 10.9. The fourth-order valence-corrected chi connectivity index (χ4v) is 4.96. The van der Waals surface area contributed by atoms with E-state index in [4.69, 9.17) is 9.90 Å². The lowest BCUT2D eigenvalue weighted by Crippen LogP contribution is -2.45. The van der Waals surface area contributed by atoms with Crippen LogP contribution >= 0.6 is 0 Å². The maximum Gasteiger partial charge on any atom is 0.490 e. The van der Waals surface area contributed by atoms with Crippen molar-refractivity contribution >= 4 is 23.5 Å². The molecule has 1 saturated carbocycles. The maximum absolute atomic E-state index is 12.7. The fourth-order valence-electron chi connectivity index (χ4n) is 4.96. The zero-order valence-electron chi connectivity index (χ0n) is 22.1. The number of carboxylic acids is 1. The zero-order chi connectivity index (χ0) is 28.4. The number of aliphatic carboxylic acids is 1. The Bertz CT molecular complexity index is 1110. The molecule has 0 atom stereocenters.